The first-order chi connectivity index (χ1) is 13.7. The molecule has 1 aliphatic rings. The van der Waals surface area contributed by atoms with Crippen LogP contribution in [0.4, 0.5) is 0 Å². The predicted octanol–water partition coefficient (Wildman–Crippen LogP) is 4.64. The summed E-state index contributed by atoms with van der Waals surface area (Å²) in [5, 5.41) is 0. The van der Waals surface area contributed by atoms with Crippen LogP contribution in [0.15, 0.2) is 60.7 Å². The third kappa shape index (κ3) is 2.85. The van der Waals surface area contributed by atoms with Crippen LogP contribution in [0.1, 0.15) is 27.6 Å². The maximum atomic E-state index is 13.1. The van der Waals surface area contributed by atoms with Crippen molar-refractivity contribution in [2.75, 3.05) is 21.3 Å². The molecule has 0 saturated carbocycles. The van der Waals surface area contributed by atoms with Gasteiger partial charge in [0.1, 0.15) is 11.3 Å². The highest BCUT2D eigenvalue weighted by atomic mass is 16.5. The van der Waals surface area contributed by atoms with Gasteiger partial charge in [0.15, 0.2) is 17.6 Å². The van der Waals surface area contributed by atoms with E-state index in [1.807, 2.05) is 48.5 Å². The van der Waals surface area contributed by atoms with Gasteiger partial charge in [0.05, 0.1) is 21.3 Å². The fourth-order valence-corrected chi connectivity index (χ4v) is 3.60. The molecule has 3 aromatic carbocycles. The molecule has 0 bridgehead atoms. The van der Waals surface area contributed by atoms with Crippen molar-refractivity contribution in [1.29, 1.82) is 0 Å². The molecular formula is C23H20O5. The monoisotopic (exact) mass is 376 g/mol. The summed E-state index contributed by atoms with van der Waals surface area (Å²) in [4.78, 5) is 13.1. The number of ether oxygens (including phenoxy) is 4. The van der Waals surface area contributed by atoms with Crippen LogP contribution in [0.3, 0.4) is 0 Å². The van der Waals surface area contributed by atoms with E-state index < -0.39 is 12.1 Å². The molecule has 0 aliphatic heterocycles. The van der Waals surface area contributed by atoms with Crippen LogP contribution in [-0.4, -0.2) is 27.3 Å². The first-order valence-corrected chi connectivity index (χ1v) is 8.87. The van der Waals surface area contributed by atoms with Gasteiger partial charge in [-0.15, -0.1) is 0 Å². The number of esters is 1. The fraction of sp³-hybridized carbons (Fsp3) is 0.174. The molecule has 4 rings (SSSR count). The smallest absolute Gasteiger partial charge is 0.343 e. The van der Waals surface area contributed by atoms with Crippen molar-refractivity contribution in [2.24, 2.45) is 0 Å². The molecule has 0 N–H and O–H groups in total. The van der Waals surface area contributed by atoms with Crippen LogP contribution in [0, 0.1) is 0 Å². The van der Waals surface area contributed by atoms with E-state index in [0.717, 1.165) is 22.3 Å². The quantitative estimate of drug-likeness (QED) is 0.607. The highest BCUT2D eigenvalue weighted by molar-refractivity contribution is 5.94. The van der Waals surface area contributed by atoms with E-state index >= 15 is 0 Å². The summed E-state index contributed by atoms with van der Waals surface area (Å²) < 4.78 is 21.9. The van der Waals surface area contributed by atoms with Crippen molar-refractivity contribution in [3.63, 3.8) is 0 Å². The zero-order valence-electron chi connectivity index (χ0n) is 15.9. The summed E-state index contributed by atoms with van der Waals surface area (Å²) in [6, 6.07) is 19.1. The van der Waals surface area contributed by atoms with Gasteiger partial charge in [0, 0.05) is 23.3 Å². The van der Waals surface area contributed by atoms with Gasteiger partial charge in [-0.05, 0) is 11.1 Å². The van der Waals surface area contributed by atoms with Gasteiger partial charge < -0.3 is 18.9 Å². The zero-order chi connectivity index (χ0) is 19.7. The number of rotatable bonds is 5. The molecule has 0 spiro atoms. The van der Waals surface area contributed by atoms with Crippen molar-refractivity contribution in [3.05, 3.63) is 77.4 Å². The summed E-state index contributed by atoms with van der Waals surface area (Å²) >= 11 is 0. The zero-order valence-corrected chi connectivity index (χ0v) is 15.9. The molecule has 0 atom stereocenters. The van der Waals surface area contributed by atoms with E-state index in [1.54, 1.807) is 12.1 Å². The van der Waals surface area contributed by atoms with Crippen LogP contribution >= 0.6 is 0 Å². The summed E-state index contributed by atoms with van der Waals surface area (Å²) in [5.74, 6) is 0.784. The van der Waals surface area contributed by atoms with Gasteiger partial charge in [0.2, 0.25) is 0 Å². The lowest BCUT2D eigenvalue weighted by molar-refractivity contribution is 0.0381. The van der Waals surface area contributed by atoms with Crippen molar-refractivity contribution < 1.29 is 23.7 Å². The average molecular weight is 376 g/mol. The summed E-state index contributed by atoms with van der Waals surface area (Å²) in [6.07, 6.45) is -0.474. The summed E-state index contributed by atoms with van der Waals surface area (Å²) in [7, 11) is 4.54. The number of benzene rings is 3. The Labute approximate surface area is 163 Å². The van der Waals surface area contributed by atoms with Crippen LogP contribution < -0.4 is 14.2 Å². The van der Waals surface area contributed by atoms with Gasteiger partial charge in [0.25, 0.3) is 0 Å². The summed E-state index contributed by atoms with van der Waals surface area (Å²) in [6.45, 7) is 0. The molecule has 0 radical (unpaired) electrons. The first kappa shape index (κ1) is 17.9. The minimum Gasteiger partial charge on any atom is -0.496 e. The van der Waals surface area contributed by atoms with E-state index in [9.17, 15) is 4.79 Å². The van der Waals surface area contributed by atoms with Crippen molar-refractivity contribution in [3.8, 4) is 28.4 Å². The van der Waals surface area contributed by atoms with Crippen LogP contribution in [0.25, 0.3) is 11.1 Å². The highest BCUT2D eigenvalue weighted by Gasteiger charge is 2.32. The normalized spacial score (nSPS) is 12.1. The Hall–Kier alpha value is -3.47. The molecular weight excluding hydrogens is 356 g/mol. The Morgan fingerprint density at radius 1 is 0.714 bits per heavy atom. The number of carbonyl (C=O) groups excluding carboxylic acids is 1. The predicted molar refractivity (Wildman–Crippen MR) is 105 cm³/mol. The molecule has 3 aromatic rings. The number of fused-ring (bicyclic) bond motifs is 3. The van der Waals surface area contributed by atoms with Crippen LogP contribution in [-0.2, 0) is 4.74 Å². The molecule has 142 valence electrons. The molecule has 0 aromatic heterocycles. The topological polar surface area (TPSA) is 54.0 Å². The summed E-state index contributed by atoms with van der Waals surface area (Å²) in [5.41, 5.74) is 4.38. The first-order valence-electron chi connectivity index (χ1n) is 8.87. The largest absolute Gasteiger partial charge is 0.496 e. The fourth-order valence-electron chi connectivity index (χ4n) is 3.60. The molecule has 0 fully saturated rings. The third-order valence-electron chi connectivity index (χ3n) is 4.93. The Balaban J connectivity index is 1.73. The number of methoxy groups -OCH3 is 3. The second-order valence-electron chi connectivity index (χ2n) is 6.37. The van der Waals surface area contributed by atoms with E-state index in [4.69, 9.17) is 18.9 Å². The van der Waals surface area contributed by atoms with Crippen molar-refractivity contribution in [1.82, 2.24) is 0 Å². The van der Waals surface area contributed by atoms with E-state index in [0.29, 0.717) is 17.2 Å². The molecule has 0 heterocycles. The molecule has 0 amide bonds. The lowest BCUT2D eigenvalue weighted by Gasteiger charge is -2.17. The molecule has 5 nitrogen and oxygen atoms in total. The third-order valence-corrected chi connectivity index (χ3v) is 4.93. The highest BCUT2D eigenvalue weighted by Crippen LogP contribution is 2.46. The van der Waals surface area contributed by atoms with Gasteiger partial charge in [-0.25, -0.2) is 4.79 Å². The molecule has 0 saturated heterocycles. The van der Waals surface area contributed by atoms with Gasteiger partial charge in [-0.1, -0.05) is 48.5 Å². The van der Waals surface area contributed by atoms with E-state index in [1.165, 1.54) is 21.3 Å². The number of hydrogen-bond donors (Lipinski definition) is 0. The Bertz CT molecular complexity index is 995. The molecule has 5 heteroatoms. The number of carbonyl (C=O) groups is 1. The standard InChI is InChI=1S/C23H20O5/c1-25-19-13-21(27-3)20(26-2)12-18(19)23(24)28-22-16-10-6-4-8-14(16)15-9-5-7-11-17(15)22/h4-13,22H,1-3H3. The molecule has 1 aliphatic carbocycles. The Morgan fingerprint density at radius 3 is 1.75 bits per heavy atom. The van der Waals surface area contributed by atoms with Crippen molar-refractivity contribution in [2.45, 2.75) is 6.10 Å². The minimum atomic E-state index is -0.491. The average Bonchev–Trinajstić information content (AvgIpc) is 3.06. The lowest BCUT2D eigenvalue weighted by Crippen LogP contribution is -2.12. The number of hydrogen-bond acceptors (Lipinski definition) is 5. The molecule has 0 unspecified atom stereocenters. The second kappa shape index (κ2) is 7.27. The van der Waals surface area contributed by atoms with Crippen LogP contribution in [0.5, 0.6) is 17.2 Å². The SMILES string of the molecule is COc1cc(OC)c(C(=O)OC2c3ccccc3-c3ccccc32)cc1OC. The van der Waals surface area contributed by atoms with Crippen LogP contribution in [0.2, 0.25) is 0 Å². The second-order valence-corrected chi connectivity index (χ2v) is 6.37. The van der Waals surface area contributed by atoms with Crippen molar-refractivity contribution >= 4 is 5.97 Å². The van der Waals surface area contributed by atoms with E-state index in [2.05, 4.69) is 0 Å². The Kier molecular flexibility index (Phi) is 4.65. The van der Waals surface area contributed by atoms with Gasteiger partial charge >= 0.3 is 5.97 Å². The maximum absolute atomic E-state index is 13.1. The Morgan fingerprint density at radius 2 is 1.21 bits per heavy atom. The molecule has 28 heavy (non-hydrogen) atoms. The van der Waals surface area contributed by atoms with Gasteiger partial charge in [-0.3, -0.25) is 0 Å². The van der Waals surface area contributed by atoms with Gasteiger partial charge in [-0.2, -0.15) is 0 Å². The lowest BCUT2D eigenvalue weighted by atomic mass is 10.1. The minimum absolute atomic E-state index is 0.280. The van der Waals surface area contributed by atoms with E-state index in [-0.39, 0.29) is 5.56 Å². The maximum Gasteiger partial charge on any atom is 0.343 e.